The zero-order valence-electron chi connectivity index (χ0n) is 16.3. The van der Waals surface area contributed by atoms with E-state index in [0.717, 1.165) is 49.4 Å². The summed E-state index contributed by atoms with van der Waals surface area (Å²) >= 11 is 7.49. The average Bonchev–Trinajstić information content (AvgIpc) is 3.43. The fraction of sp³-hybridized carbons (Fsp3) is 0.318. The smallest absolute Gasteiger partial charge is 0.233 e. The molecule has 150 valence electrons. The van der Waals surface area contributed by atoms with E-state index >= 15 is 0 Å². The topological polar surface area (TPSA) is 51.0 Å². The van der Waals surface area contributed by atoms with Gasteiger partial charge in [0.15, 0.2) is 11.0 Å². The van der Waals surface area contributed by atoms with E-state index in [9.17, 15) is 4.79 Å². The molecule has 0 unspecified atom stereocenters. The summed E-state index contributed by atoms with van der Waals surface area (Å²) in [6, 6.07) is 16.0. The van der Waals surface area contributed by atoms with Gasteiger partial charge in [-0.1, -0.05) is 42.4 Å². The van der Waals surface area contributed by atoms with Gasteiger partial charge in [-0.3, -0.25) is 9.36 Å². The quantitative estimate of drug-likeness (QED) is 0.528. The Balaban J connectivity index is 1.66. The molecule has 1 fully saturated rings. The summed E-state index contributed by atoms with van der Waals surface area (Å²) in [4.78, 5) is 14.4. The molecule has 0 N–H and O–H groups in total. The van der Waals surface area contributed by atoms with Crippen molar-refractivity contribution < 1.29 is 4.79 Å². The molecule has 29 heavy (non-hydrogen) atoms. The number of hydrogen-bond acceptors (Lipinski definition) is 4. The lowest BCUT2D eigenvalue weighted by Gasteiger charge is -2.15. The second-order valence-corrected chi connectivity index (χ2v) is 8.42. The molecule has 0 bridgehead atoms. The Morgan fingerprint density at radius 1 is 1.03 bits per heavy atom. The molecule has 1 aromatic heterocycles. The molecule has 0 radical (unpaired) electrons. The molecule has 2 heterocycles. The maximum Gasteiger partial charge on any atom is 0.233 e. The largest absolute Gasteiger partial charge is 0.342 e. The Hall–Kier alpha value is -2.31. The number of rotatable bonds is 6. The monoisotopic (exact) mass is 426 g/mol. The van der Waals surface area contributed by atoms with Gasteiger partial charge in [-0.2, -0.15) is 0 Å². The van der Waals surface area contributed by atoms with E-state index in [0.29, 0.717) is 15.9 Å². The van der Waals surface area contributed by atoms with E-state index in [1.807, 2.05) is 33.7 Å². The molecule has 5 nitrogen and oxygen atoms in total. The number of amides is 1. The van der Waals surface area contributed by atoms with Crippen LogP contribution in [0.25, 0.3) is 17.1 Å². The summed E-state index contributed by atoms with van der Waals surface area (Å²) in [7, 11) is 0. The van der Waals surface area contributed by atoms with Gasteiger partial charge in [-0.15, -0.1) is 10.2 Å². The van der Waals surface area contributed by atoms with E-state index in [4.69, 9.17) is 11.6 Å². The van der Waals surface area contributed by atoms with Crippen molar-refractivity contribution in [3.63, 3.8) is 0 Å². The third-order valence-corrected chi connectivity index (χ3v) is 6.29. The van der Waals surface area contributed by atoms with Crippen LogP contribution in [0.5, 0.6) is 0 Å². The third kappa shape index (κ3) is 4.49. The summed E-state index contributed by atoms with van der Waals surface area (Å²) in [5.41, 5.74) is 3.18. The highest BCUT2D eigenvalue weighted by Gasteiger charge is 2.21. The van der Waals surface area contributed by atoms with E-state index in [-0.39, 0.29) is 5.91 Å². The van der Waals surface area contributed by atoms with Crippen LogP contribution in [0.15, 0.2) is 53.7 Å². The van der Waals surface area contributed by atoms with Crippen LogP contribution in [0.3, 0.4) is 0 Å². The van der Waals surface area contributed by atoms with Crippen LogP contribution in [-0.4, -0.2) is 44.4 Å². The van der Waals surface area contributed by atoms with Gasteiger partial charge in [0.05, 0.1) is 5.75 Å². The number of halogens is 1. The van der Waals surface area contributed by atoms with Crippen LogP contribution in [0, 0.1) is 0 Å². The highest BCUT2D eigenvalue weighted by atomic mass is 35.5. The van der Waals surface area contributed by atoms with Crippen molar-refractivity contribution in [3.05, 3.63) is 59.1 Å². The van der Waals surface area contributed by atoms with E-state index in [1.54, 1.807) is 0 Å². The lowest BCUT2D eigenvalue weighted by Crippen LogP contribution is -2.29. The highest BCUT2D eigenvalue weighted by Crippen LogP contribution is 2.29. The summed E-state index contributed by atoms with van der Waals surface area (Å²) in [5, 5.41) is 10.2. The number of aromatic nitrogens is 3. The molecule has 1 saturated heterocycles. The number of carbonyl (C=O) groups excluding carboxylic acids is 1. The number of carbonyl (C=O) groups is 1. The molecule has 4 rings (SSSR count). The van der Waals surface area contributed by atoms with E-state index in [2.05, 4.69) is 41.4 Å². The molecule has 1 aliphatic heterocycles. The summed E-state index contributed by atoms with van der Waals surface area (Å²) < 4.78 is 2.02. The lowest BCUT2D eigenvalue weighted by atomic mass is 10.1. The molecule has 1 aliphatic rings. The molecular weight excluding hydrogens is 404 g/mol. The molecule has 3 aromatic rings. The predicted molar refractivity (Wildman–Crippen MR) is 118 cm³/mol. The molecule has 0 spiro atoms. The third-order valence-electron chi connectivity index (χ3n) is 5.12. The molecular formula is C22H23ClN4OS. The van der Waals surface area contributed by atoms with Crippen LogP contribution in [0.4, 0.5) is 0 Å². The molecule has 1 amide bonds. The standard InChI is InChI=1S/C22H23ClN4OS/c1-2-16-5-11-19(12-6-16)27-21(17-7-9-18(23)10-8-17)24-25-22(27)29-15-20(28)26-13-3-4-14-26/h5-12H,2-4,13-15H2,1H3. The van der Waals surface area contributed by atoms with Gasteiger partial charge in [0.2, 0.25) is 5.91 Å². The van der Waals surface area contributed by atoms with Gasteiger partial charge in [-0.25, -0.2) is 0 Å². The number of benzene rings is 2. The maximum absolute atomic E-state index is 12.5. The van der Waals surface area contributed by atoms with Crippen molar-refractivity contribution in [2.75, 3.05) is 18.8 Å². The average molecular weight is 427 g/mol. The predicted octanol–water partition coefficient (Wildman–Crippen LogP) is 4.86. The Labute approximate surface area is 180 Å². The van der Waals surface area contributed by atoms with Gasteiger partial charge in [0.25, 0.3) is 0 Å². The van der Waals surface area contributed by atoms with Crippen molar-refractivity contribution in [1.82, 2.24) is 19.7 Å². The normalized spacial score (nSPS) is 13.8. The molecule has 7 heteroatoms. The molecule has 0 aliphatic carbocycles. The van der Waals surface area contributed by atoms with Crippen molar-refractivity contribution in [1.29, 1.82) is 0 Å². The first-order valence-corrected chi connectivity index (χ1v) is 11.2. The van der Waals surface area contributed by atoms with Crippen molar-refractivity contribution in [2.24, 2.45) is 0 Å². The van der Waals surface area contributed by atoms with Crippen LogP contribution in [0.1, 0.15) is 25.3 Å². The number of aryl methyl sites for hydroxylation is 1. The SMILES string of the molecule is CCc1ccc(-n2c(SCC(=O)N3CCCC3)nnc2-c2ccc(Cl)cc2)cc1. The number of nitrogens with zero attached hydrogens (tertiary/aromatic N) is 4. The minimum Gasteiger partial charge on any atom is -0.342 e. The Morgan fingerprint density at radius 3 is 2.38 bits per heavy atom. The van der Waals surface area contributed by atoms with Gasteiger partial charge < -0.3 is 4.90 Å². The van der Waals surface area contributed by atoms with Crippen molar-refractivity contribution in [3.8, 4) is 17.1 Å². The summed E-state index contributed by atoms with van der Waals surface area (Å²) in [6.45, 7) is 3.86. The van der Waals surface area contributed by atoms with Gasteiger partial charge in [-0.05, 0) is 61.2 Å². The highest BCUT2D eigenvalue weighted by molar-refractivity contribution is 7.99. The van der Waals surface area contributed by atoms with E-state index in [1.165, 1.54) is 17.3 Å². The van der Waals surface area contributed by atoms with E-state index < -0.39 is 0 Å². The molecule has 0 atom stereocenters. The fourth-order valence-electron chi connectivity index (χ4n) is 3.45. The molecule has 0 saturated carbocycles. The van der Waals surface area contributed by atoms with Crippen LogP contribution in [-0.2, 0) is 11.2 Å². The fourth-order valence-corrected chi connectivity index (χ4v) is 4.43. The van der Waals surface area contributed by atoms with Crippen LogP contribution >= 0.6 is 23.4 Å². The van der Waals surface area contributed by atoms with Gasteiger partial charge in [0, 0.05) is 29.4 Å². The first-order chi connectivity index (χ1) is 14.2. The van der Waals surface area contributed by atoms with Crippen LogP contribution in [0.2, 0.25) is 5.02 Å². The Bertz CT molecular complexity index is 979. The molecule has 2 aromatic carbocycles. The van der Waals surface area contributed by atoms with Crippen LogP contribution < -0.4 is 0 Å². The second kappa shape index (κ2) is 9.01. The van der Waals surface area contributed by atoms with Crippen molar-refractivity contribution >= 4 is 29.3 Å². The minimum atomic E-state index is 0.163. The summed E-state index contributed by atoms with van der Waals surface area (Å²) in [6.07, 6.45) is 3.17. The first-order valence-electron chi connectivity index (χ1n) is 9.87. The Morgan fingerprint density at radius 2 is 1.72 bits per heavy atom. The first kappa shape index (κ1) is 20.0. The minimum absolute atomic E-state index is 0.163. The van der Waals surface area contributed by atoms with Crippen molar-refractivity contribution in [2.45, 2.75) is 31.3 Å². The second-order valence-electron chi connectivity index (χ2n) is 7.05. The number of likely N-dealkylation sites (tertiary alicyclic amines) is 1. The Kier molecular flexibility index (Phi) is 6.21. The zero-order valence-corrected chi connectivity index (χ0v) is 17.9. The lowest BCUT2D eigenvalue weighted by molar-refractivity contribution is -0.127. The summed E-state index contributed by atoms with van der Waals surface area (Å²) in [5.74, 6) is 1.27. The van der Waals surface area contributed by atoms with Gasteiger partial charge in [0.1, 0.15) is 0 Å². The number of thioether (sulfide) groups is 1. The van der Waals surface area contributed by atoms with Gasteiger partial charge >= 0.3 is 0 Å². The maximum atomic E-state index is 12.5. The number of hydrogen-bond donors (Lipinski definition) is 0. The zero-order chi connectivity index (χ0) is 20.2.